The molecule has 2 saturated carbocycles. The van der Waals surface area contributed by atoms with Crippen molar-refractivity contribution in [3.05, 3.63) is 0 Å². The highest BCUT2D eigenvalue weighted by atomic mass is 15.0. The normalized spacial score (nSPS) is 33.0. The third-order valence-corrected chi connectivity index (χ3v) is 4.42. The largest absolute Gasteiger partial charge is 0.311 e. The third kappa shape index (κ3) is 3.76. The summed E-state index contributed by atoms with van der Waals surface area (Å²) >= 11 is 0. The van der Waals surface area contributed by atoms with Gasteiger partial charge in [-0.2, -0.15) is 0 Å². The summed E-state index contributed by atoms with van der Waals surface area (Å²) in [6, 6.07) is 1.61. The smallest absolute Gasteiger partial charge is 0.00722 e. The van der Waals surface area contributed by atoms with E-state index in [2.05, 4.69) is 26.1 Å². The highest BCUT2D eigenvalue weighted by Crippen LogP contribution is 2.34. The highest BCUT2D eigenvalue weighted by molar-refractivity contribution is 4.87. The Bertz CT molecular complexity index is 207. The SMILES string of the molecule is CC(C)CC1CCCC(NC(C)C2CC2)C1. The molecule has 0 spiro atoms. The van der Waals surface area contributed by atoms with Gasteiger partial charge in [-0.25, -0.2) is 0 Å². The van der Waals surface area contributed by atoms with Gasteiger partial charge in [-0.05, 0) is 56.8 Å². The molecule has 0 bridgehead atoms. The van der Waals surface area contributed by atoms with Crippen molar-refractivity contribution in [2.45, 2.75) is 77.8 Å². The lowest BCUT2D eigenvalue weighted by molar-refractivity contribution is 0.237. The van der Waals surface area contributed by atoms with Gasteiger partial charge in [0.1, 0.15) is 0 Å². The van der Waals surface area contributed by atoms with Crippen molar-refractivity contribution >= 4 is 0 Å². The zero-order valence-corrected chi connectivity index (χ0v) is 11.3. The Kier molecular flexibility index (Phi) is 4.29. The van der Waals surface area contributed by atoms with Crippen LogP contribution in [0.4, 0.5) is 0 Å². The van der Waals surface area contributed by atoms with E-state index in [1.807, 2.05) is 0 Å². The summed E-state index contributed by atoms with van der Waals surface area (Å²) in [5.74, 6) is 2.88. The third-order valence-electron chi connectivity index (χ3n) is 4.42. The quantitative estimate of drug-likeness (QED) is 0.743. The molecule has 2 aliphatic rings. The van der Waals surface area contributed by atoms with Crippen LogP contribution in [0, 0.1) is 17.8 Å². The first-order valence-electron chi connectivity index (χ1n) is 7.41. The summed E-state index contributed by atoms with van der Waals surface area (Å²) in [7, 11) is 0. The van der Waals surface area contributed by atoms with Gasteiger partial charge in [0.05, 0.1) is 0 Å². The molecule has 1 N–H and O–H groups in total. The van der Waals surface area contributed by atoms with Crippen LogP contribution in [0.1, 0.15) is 65.7 Å². The fourth-order valence-corrected chi connectivity index (χ4v) is 3.43. The lowest BCUT2D eigenvalue weighted by Crippen LogP contribution is -2.40. The predicted octanol–water partition coefficient (Wildman–Crippen LogP) is 3.98. The van der Waals surface area contributed by atoms with Crippen LogP contribution >= 0.6 is 0 Å². The van der Waals surface area contributed by atoms with E-state index < -0.39 is 0 Å². The maximum Gasteiger partial charge on any atom is 0.00722 e. The molecule has 0 saturated heterocycles. The molecule has 0 aromatic heterocycles. The lowest BCUT2D eigenvalue weighted by Gasteiger charge is -2.32. The van der Waals surface area contributed by atoms with Crippen LogP contribution in [0.5, 0.6) is 0 Å². The first-order chi connectivity index (χ1) is 7.65. The van der Waals surface area contributed by atoms with Crippen molar-refractivity contribution in [2.24, 2.45) is 17.8 Å². The number of hydrogen-bond acceptors (Lipinski definition) is 1. The summed E-state index contributed by atoms with van der Waals surface area (Å²) in [4.78, 5) is 0. The highest BCUT2D eigenvalue weighted by Gasteiger charge is 2.30. The van der Waals surface area contributed by atoms with E-state index in [0.717, 1.165) is 29.8 Å². The first-order valence-corrected chi connectivity index (χ1v) is 7.41. The molecule has 0 amide bonds. The zero-order chi connectivity index (χ0) is 11.5. The molecular formula is C15H29N. The molecule has 0 radical (unpaired) electrons. The van der Waals surface area contributed by atoms with Crippen LogP contribution in [0.15, 0.2) is 0 Å². The van der Waals surface area contributed by atoms with Gasteiger partial charge in [-0.15, -0.1) is 0 Å². The van der Waals surface area contributed by atoms with Crippen LogP contribution in [0.25, 0.3) is 0 Å². The van der Waals surface area contributed by atoms with Gasteiger partial charge in [0.2, 0.25) is 0 Å². The molecular weight excluding hydrogens is 194 g/mol. The minimum atomic E-state index is 0.780. The fraction of sp³-hybridized carbons (Fsp3) is 1.00. The van der Waals surface area contributed by atoms with Gasteiger partial charge in [0, 0.05) is 12.1 Å². The molecule has 1 heteroatoms. The van der Waals surface area contributed by atoms with Gasteiger partial charge in [-0.1, -0.05) is 26.7 Å². The van der Waals surface area contributed by atoms with E-state index in [4.69, 9.17) is 0 Å². The molecule has 2 rings (SSSR count). The summed E-state index contributed by atoms with van der Waals surface area (Å²) < 4.78 is 0. The average molecular weight is 223 g/mol. The van der Waals surface area contributed by atoms with Crippen molar-refractivity contribution < 1.29 is 0 Å². The Morgan fingerprint density at radius 3 is 2.44 bits per heavy atom. The van der Waals surface area contributed by atoms with Crippen molar-refractivity contribution in [1.82, 2.24) is 5.32 Å². The van der Waals surface area contributed by atoms with Gasteiger partial charge in [0.15, 0.2) is 0 Å². The van der Waals surface area contributed by atoms with Crippen LogP contribution < -0.4 is 5.32 Å². The Balaban J connectivity index is 1.72. The van der Waals surface area contributed by atoms with Crippen LogP contribution in [0.3, 0.4) is 0 Å². The lowest BCUT2D eigenvalue weighted by atomic mass is 9.81. The standard InChI is InChI=1S/C15H29N/c1-11(2)9-13-5-4-6-15(10-13)16-12(3)14-7-8-14/h11-16H,4-10H2,1-3H3. The van der Waals surface area contributed by atoms with E-state index in [9.17, 15) is 0 Å². The molecule has 0 aromatic carbocycles. The number of hydrogen-bond donors (Lipinski definition) is 1. The second-order valence-electron chi connectivity index (χ2n) is 6.65. The Morgan fingerprint density at radius 2 is 1.81 bits per heavy atom. The van der Waals surface area contributed by atoms with Crippen molar-refractivity contribution in [3.63, 3.8) is 0 Å². The average Bonchev–Trinajstić information content (AvgIpc) is 2.99. The minimum Gasteiger partial charge on any atom is -0.311 e. The molecule has 0 aliphatic heterocycles. The van der Waals surface area contributed by atoms with E-state index in [-0.39, 0.29) is 0 Å². The number of rotatable bonds is 5. The van der Waals surface area contributed by atoms with E-state index >= 15 is 0 Å². The van der Waals surface area contributed by atoms with Crippen LogP contribution in [-0.4, -0.2) is 12.1 Å². The van der Waals surface area contributed by atoms with E-state index in [0.29, 0.717) is 0 Å². The molecule has 3 unspecified atom stereocenters. The van der Waals surface area contributed by atoms with Crippen LogP contribution in [0.2, 0.25) is 0 Å². The second-order valence-corrected chi connectivity index (χ2v) is 6.65. The molecule has 2 aliphatic carbocycles. The van der Waals surface area contributed by atoms with E-state index in [1.165, 1.54) is 44.9 Å². The minimum absolute atomic E-state index is 0.780. The van der Waals surface area contributed by atoms with Gasteiger partial charge in [0.25, 0.3) is 0 Å². The molecule has 3 atom stereocenters. The zero-order valence-electron chi connectivity index (χ0n) is 11.3. The molecule has 0 aromatic rings. The predicted molar refractivity (Wildman–Crippen MR) is 70.5 cm³/mol. The summed E-state index contributed by atoms with van der Waals surface area (Å²) in [5.41, 5.74) is 0. The summed E-state index contributed by atoms with van der Waals surface area (Å²) in [5, 5.41) is 3.88. The monoisotopic (exact) mass is 223 g/mol. The van der Waals surface area contributed by atoms with Crippen molar-refractivity contribution in [3.8, 4) is 0 Å². The summed E-state index contributed by atoms with van der Waals surface area (Å²) in [6.07, 6.45) is 10.2. The molecule has 0 heterocycles. The second kappa shape index (κ2) is 5.53. The molecule has 94 valence electrons. The topological polar surface area (TPSA) is 12.0 Å². The molecule has 2 fully saturated rings. The Labute approximate surface area is 101 Å². The van der Waals surface area contributed by atoms with Crippen LogP contribution in [-0.2, 0) is 0 Å². The van der Waals surface area contributed by atoms with Gasteiger partial charge in [-0.3, -0.25) is 0 Å². The fourth-order valence-electron chi connectivity index (χ4n) is 3.43. The summed E-state index contributed by atoms with van der Waals surface area (Å²) in [6.45, 7) is 7.12. The van der Waals surface area contributed by atoms with Crippen molar-refractivity contribution in [1.29, 1.82) is 0 Å². The maximum atomic E-state index is 3.88. The van der Waals surface area contributed by atoms with Gasteiger partial charge < -0.3 is 5.32 Å². The first kappa shape index (κ1) is 12.4. The van der Waals surface area contributed by atoms with E-state index in [1.54, 1.807) is 0 Å². The Hall–Kier alpha value is -0.0400. The molecule has 1 nitrogen and oxygen atoms in total. The number of nitrogens with one attached hydrogen (secondary N) is 1. The van der Waals surface area contributed by atoms with Gasteiger partial charge >= 0.3 is 0 Å². The van der Waals surface area contributed by atoms with Crippen molar-refractivity contribution in [2.75, 3.05) is 0 Å². The maximum absolute atomic E-state index is 3.88. The molecule has 16 heavy (non-hydrogen) atoms. The Morgan fingerprint density at radius 1 is 1.06 bits per heavy atom.